The van der Waals surface area contributed by atoms with Crippen LogP contribution >= 0.6 is 0 Å². The van der Waals surface area contributed by atoms with E-state index < -0.39 is 0 Å². The summed E-state index contributed by atoms with van der Waals surface area (Å²) in [6.45, 7) is 2.15. The van der Waals surface area contributed by atoms with Crippen LogP contribution in [0.15, 0.2) is 5.16 Å². The highest BCUT2D eigenvalue weighted by Crippen LogP contribution is 2.17. The number of nitrogens with zero attached hydrogens (tertiary/aromatic N) is 1. The van der Waals surface area contributed by atoms with E-state index >= 15 is 0 Å². The predicted octanol–water partition coefficient (Wildman–Crippen LogP) is 0.221. The SMILES string of the molecule is CC(CNC(=O)NC1CCC1)C(N)=NO. The van der Waals surface area contributed by atoms with E-state index in [1.165, 1.54) is 6.42 Å². The van der Waals surface area contributed by atoms with Crippen molar-refractivity contribution < 1.29 is 10.0 Å². The van der Waals surface area contributed by atoms with Gasteiger partial charge in [0.15, 0.2) is 0 Å². The first kappa shape index (κ1) is 11.6. The Labute approximate surface area is 88.9 Å². The van der Waals surface area contributed by atoms with Crippen LogP contribution in [0.3, 0.4) is 0 Å². The molecule has 5 N–H and O–H groups in total. The Balaban J connectivity index is 2.15. The van der Waals surface area contributed by atoms with E-state index in [1.54, 1.807) is 6.92 Å². The Morgan fingerprint density at radius 3 is 2.80 bits per heavy atom. The number of amides is 2. The first-order valence-electron chi connectivity index (χ1n) is 5.15. The lowest BCUT2D eigenvalue weighted by Crippen LogP contribution is -2.47. The average Bonchev–Trinajstić information content (AvgIpc) is 2.18. The van der Waals surface area contributed by atoms with Gasteiger partial charge in [-0.3, -0.25) is 0 Å². The monoisotopic (exact) mass is 214 g/mol. The first-order valence-corrected chi connectivity index (χ1v) is 5.15. The number of urea groups is 1. The molecule has 0 saturated heterocycles. The van der Waals surface area contributed by atoms with Crippen molar-refractivity contribution in [3.8, 4) is 0 Å². The Morgan fingerprint density at radius 2 is 2.33 bits per heavy atom. The second-order valence-electron chi connectivity index (χ2n) is 3.91. The molecule has 0 radical (unpaired) electrons. The molecule has 1 saturated carbocycles. The summed E-state index contributed by atoms with van der Waals surface area (Å²) in [7, 11) is 0. The highest BCUT2D eigenvalue weighted by molar-refractivity contribution is 5.83. The Bertz CT molecular complexity index is 250. The second kappa shape index (κ2) is 5.43. The van der Waals surface area contributed by atoms with E-state index in [0.717, 1.165) is 12.8 Å². The molecule has 0 aromatic carbocycles. The summed E-state index contributed by atoms with van der Waals surface area (Å²) in [5.74, 6) is -0.0407. The molecule has 6 heteroatoms. The number of amidine groups is 1. The topological polar surface area (TPSA) is 99.7 Å². The van der Waals surface area contributed by atoms with Crippen LogP contribution in [0.25, 0.3) is 0 Å². The molecule has 1 unspecified atom stereocenters. The van der Waals surface area contributed by atoms with Crippen molar-refractivity contribution in [2.75, 3.05) is 6.54 Å². The summed E-state index contributed by atoms with van der Waals surface area (Å²) >= 11 is 0. The van der Waals surface area contributed by atoms with E-state index in [-0.39, 0.29) is 17.8 Å². The minimum absolute atomic E-state index is 0.124. The Hall–Kier alpha value is -1.46. The first-order chi connectivity index (χ1) is 7.13. The molecule has 1 atom stereocenters. The molecular weight excluding hydrogens is 196 g/mol. The molecule has 1 fully saturated rings. The van der Waals surface area contributed by atoms with E-state index in [2.05, 4.69) is 15.8 Å². The maximum Gasteiger partial charge on any atom is 0.315 e. The molecule has 0 heterocycles. The zero-order valence-electron chi connectivity index (χ0n) is 8.86. The molecule has 1 aliphatic carbocycles. The maximum atomic E-state index is 11.3. The van der Waals surface area contributed by atoms with E-state index in [9.17, 15) is 4.79 Å². The lowest BCUT2D eigenvalue weighted by atomic mass is 9.93. The number of nitrogens with two attached hydrogens (primary N) is 1. The van der Waals surface area contributed by atoms with Crippen molar-refractivity contribution in [3.63, 3.8) is 0 Å². The van der Waals surface area contributed by atoms with Gasteiger partial charge in [0.25, 0.3) is 0 Å². The van der Waals surface area contributed by atoms with Crippen LogP contribution in [0.4, 0.5) is 4.79 Å². The third-order valence-corrected chi connectivity index (χ3v) is 2.63. The number of carbonyl (C=O) groups is 1. The quantitative estimate of drug-likeness (QED) is 0.233. The zero-order valence-corrected chi connectivity index (χ0v) is 8.86. The Morgan fingerprint density at radius 1 is 1.67 bits per heavy atom. The van der Waals surface area contributed by atoms with Gasteiger partial charge >= 0.3 is 6.03 Å². The molecular formula is C9H18N4O2. The van der Waals surface area contributed by atoms with Gasteiger partial charge in [-0.05, 0) is 19.3 Å². The van der Waals surface area contributed by atoms with Crippen LogP contribution in [0.1, 0.15) is 26.2 Å². The summed E-state index contributed by atoms with van der Waals surface area (Å²) in [5, 5.41) is 16.8. The smallest absolute Gasteiger partial charge is 0.315 e. The van der Waals surface area contributed by atoms with Gasteiger partial charge in [-0.15, -0.1) is 0 Å². The van der Waals surface area contributed by atoms with Crippen molar-refractivity contribution >= 4 is 11.9 Å². The van der Waals surface area contributed by atoms with E-state index in [1.807, 2.05) is 0 Å². The van der Waals surface area contributed by atoms with Crippen molar-refractivity contribution in [3.05, 3.63) is 0 Å². The summed E-state index contributed by atoms with van der Waals surface area (Å²) in [4.78, 5) is 11.3. The van der Waals surface area contributed by atoms with Crippen LogP contribution in [-0.4, -0.2) is 29.7 Å². The lowest BCUT2D eigenvalue weighted by Gasteiger charge is -2.26. The standard InChI is InChI=1S/C9H18N4O2/c1-6(8(10)13-15)5-11-9(14)12-7-3-2-4-7/h6-7,15H,2-5H2,1H3,(H2,10,13)(H2,11,12,14). The number of oxime groups is 1. The van der Waals surface area contributed by atoms with Gasteiger partial charge in [-0.2, -0.15) is 0 Å². The number of rotatable bonds is 4. The molecule has 6 nitrogen and oxygen atoms in total. The predicted molar refractivity (Wildman–Crippen MR) is 56.7 cm³/mol. The highest BCUT2D eigenvalue weighted by atomic mass is 16.4. The summed E-state index contributed by atoms with van der Waals surface area (Å²) in [6.07, 6.45) is 3.30. The molecule has 1 aliphatic rings. The van der Waals surface area contributed by atoms with Gasteiger partial charge in [-0.25, -0.2) is 4.79 Å². The fourth-order valence-electron chi connectivity index (χ4n) is 1.24. The van der Waals surface area contributed by atoms with Gasteiger partial charge < -0.3 is 21.6 Å². The third kappa shape index (κ3) is 3.65. The van der Waals surface area contributed by atoms with Crippen LogP contribution < -0.4 is 16.4 Å². The molecule has 0 spiro atoms. The number of carbonyl (C=O) groups excluding carboxylic acids is 1. The van der Waals surface area contributed by atoms with Gasteiger partial charge in [0, 0.05) is 18.5 Å². The minimum Gasteiger partial charge on any atom is -0.409 e. The fraction of sp³-hybridized carbons (Fsp3) is 0.778. The molecule has 86 valence electrons. The van der Waals surface area contributed by atoms with Crippen molar-refractivity contribution in [2.24, 2.45) is 16.8 Å². The highest BCUT2D eigenvalue weighted by Gasteiger charge is 2.19. The van der Waals surface area contributed by atoms with E-state index in [0.29, 0.717) is 12.6 Å². The molecule has 0 aromatic rings. The second-order valence-corrected chi connectivity index (χ2v) is 3.91. The minimum atomic E-state index is -0.183. The van der Waals surface area contributed by atoms with E-state index in [4.69, 9.17) is 10.9 Å². The van der Waals surface area contributed by atoms with Crippen molar-refractivity contribution in [2.45, 2.75) is 32.2 Å². The molecule has 0 aliphatic heterocycles. The fourth-order valence-corrected chi connectivity index (χ4v) is 1.24. The lowest BCUT2D eigenvalue weighted by molar-refractivity contribution is 0.227. The third-order valence-electron chi connectivity index (χ3n) is 2.63. The van der Waals surface area contributed by atoms with Gasteiger partial charge in [0.05, 0.1) is 0 Å². The van der Waals surface area contributed by atoms with Gasteiger partial charge in [0.1, 0.15) is 5.84 Å². The average molecular weight is 214 g/mol. The molecule has 0 aromatic heterocycles. The summed E-state index contributed by atoms with van der Waals surface area (Å²) < 4.78 is 0. The number of hydrogen-bond acceptors (Lipinski definition) is 3. The molecule has 15 heavy (non-hydrogen) atoms. The zero-order chi connectivity index (χ0) is 11.3. The van der Waals surface area contributed by atoms with Crippen LogP contribution in [0.5, 0.6) is 0 Å². The number of nitrogens with one attached hydrogen (secondary N) is 2. The molecule has 1 rings (SSSR count). The van der Waals surface area contributed by atoms with Crippen molar-refractivity contribution in [1.29, 1.82) is 0 Å². The van der Waals surface area contributed by atoms with Gasteiger partial charge in [-0.1, -0.05) is 12.1 Å². The Kier molecular flexibility index (Phi) is 4.20. The molecule has 0 bridgehead atoms. The number of hydrogen-bond donors (Lipinski definition) is 4. The van der Waals surface area contributed by atoms with Gasteiger partial charge in [0.2, 0.25) is 0 Å². The normalized spacial score (nSPS) is 19.1. The summed E-state index contributed by atoms with van der Waals surface area (Å²) in [6, 6.07) is 0.140. The van der Waals surface area contributed by atoms with Crippen molar-refractivity contribution in [1.82, 2.24) is 10.6 Å². The largest absolute Gasteiger partial charge is 0.409 e. The molecule has 2 amide bonds. The van der Waals surface area contributed by atoms with Crippen LogP contribution in [-0.2, 0) is 0 Å². The van der Waals surface area contributed by atoms with Crippen LogP contribution in [0, 0.1) is 5.92 Å². The summed E-state index contributed by atoms with van der Waals surface area (Å²) in [5.41, 5.74) is 5.37. The van der Waals surface area contributed by atoms with Crippen LogP contribution in [0.2, 0.25) is 0 Å². The maximum absolute atomic E-state index is 11.3.